The molecule has 3 rings (SSSR count). The minimum absolute atomic E-state index is 0.130. The summed E-state index contributed by atoms with van der Waals surface area (Å²) < 4.78 is 43.8. The molecule has 1 aliphatic rings. The highest BCUT2D eigenvalue weighted by Crippen LogP contribution is 2.29. The van der Waals surface area contributed by atoms with Gasteiger partial charge in [-0.15, -0.1) is 0 Å². The van der Waals surface area contributed by atoms with E-state index in [2.05, 4.69) is 10.2 Å². The molecule has 1 fully saturated rings. The average molecular weight is 421 g/mol. The highest BCUT2D eigenvalue weighted by molar-refractivity contribution is 5.99. The van der Waals surface area contributed by atoms with Crippen molar-refractivity contribution in [3.63, 3.8) is 0 Å². The van der Waals surface area contributed by atoms with Gasteiger partial charge in [-0.1, -0.05) is 6.07 Å². The molecule has 30 heavy (non-hydrogen) atoms. The van der Waals surface area contributed by atoms with E-state index in [0.717, 1.165) is 35.8 Å². The van der Waals surface area contributed by atoms with Crippen molar-refractivity contribution in [2.75, 3.05) is 50.1 Å². The summed E-state index contributed by atoms with van der Waals surface area (Å²) >= 11 is 0. The van der Waals surface area contributed by atoms with Crippen LogP contribution in [0.5, 0.6) is 0 Å². The molecule has 2 amide bonds. The highest BCUT2D eigenvalue weighted by atomic mass is 19.4. The van der Waals surface area contributed by atoms with Crippen molar-refractivity contribution in [1.29, 1.82) is 0 Å². The number of carbonyl (C=O) groups excluding carboxylic acids is 2. The molecule has 0 radical (unpaired) electrons. The molecule has 0 spiro atoms. The van der Waals surface area contributed by atoms with E-state index in [4.69, 9.17) is 4.74 Å². The van der Waals surface area contributed by atoms with Crippen LogP contribution in [0.2, 0.25) is 0 Å². The third-order valence-electron chi connectivity index (χ3n) is 4.69. The first-order valence-corrected chi connectivity index (χ1v) is 9.39. The summed E-state index contributed by atoms with van der Waals surface area (Å²) in [6.07, 6.45) is -4.54. The van der Waals surface area contributed by atoms with Crippen molar-refractivity contribution in [2.45, 2.75) is 6.18 Å². The summed E-state index contributed by atoms with van der Waals surface area (Å²) in [6, 6.07) is 11.4. The second-order valence-electron chi connectivity index (χ2n) is 6.93. The molecule has 2 aromatic rings. The first-order valence-electron chi connectivity index (χ1n) is 9.39. The Bertz CT molecular complexity index is 894. The molecule has 6 nitrogen and oxygen atoms in total. The Morgan fingerprint density at radius 3 is 2.40 bits per heavy atom. The number of nitrogens with one attached hydrogen (secondary N) is 1. The lowest BCUT2D eigenvalue weighted by molar-refractivity contribution is -0.137. The van der Waals surface area contributed by atoms with Gasteiger partial charge < -0.3 is 19.9 Å². The van der Waals surface area contributed by atoms with E-state index in [1.165, 1.54) is 19.2 Å². The minimum Gasteiger partial charge on any atom is -0.378 e. The van der Waals surface area contributed by atoms with E-state index >= 15 is 0 Å². The number of rotatable bonds is 5. The van der Waals surface area contributed by atoms with Gasteiger partial charge in [0.15, 0.2) is 0 Å². The number of carbonyl (C=O) groups is 2. The van der Waals surface area contributed by atoms with E-state index in [9.17, 15) is 22.8 Å². The predicted octanol–water partition coefficient (Wildman–Crippen LogP) is 3.25. The minimum atomic E-state index is -4.54. The molecule has 0 saturated carbocycles. The molecule has 9 heteroatoms. The quantitative estimate of drug-likeness (QED) is 0.805. The van der Waals surface area contributed by atoms with Crippen LogP contribution >= 0.6 is 0 Å². The topological polar surface area (TPSA) is 61.9 Å². The summed E-state index contributed by atoms with van der Waals surface area (Å²) in [5.74, 6) is -1.11. The molecule has 0 atom stereocenters. The van der Waals surface area contributed by atoms with E-state index in [-0.39, 0.29) is 12.1 Å². The molecule has 0 bridgehead atoms. The average Bonchev–Trinajstić information content (AvgIpc) is 2.73. The summed E-state index contributed by atoms with van der Waals surface area (Å²) in [6.45, 7) is 2.65. The maximum Gasteiger partial charge on any atom is 0.416 e. The number of nitrogens with zero attached hydrogens (tertiary/aromatic N) is 2. The number of hydrogen-bond acceptors (Lipinski definition) is 4. The van der Waals surface area contributed by atoms with Crippen LogP contribution < -0.4 is 10.2 Å². The van der Waals surface area contributed by atoms with Gasteiger partial charge in [-0.3, -0.25) is 9.59 Å². The fraction of sp³-hybridized carbons (Fsp3) is 0.333. The molecule has 1 heterocycles. The summed E-state index contributed by atoms with van der Waals surface area (Å²) in [4.78, 5) is 27.9. The van der Waals surface area contributed by atoms with Gasteiger partial charge in [-0.2, -0.15) is 13.2 Å². The molecule has 0 aliphatic carbocycles. The van der Waals surface area contributed by atoms with Crippen LogP contribution in [0.25, 0.3) is 0 Å². The fourth-order valence-corrected chi connectivity index (χ4v) is 3.11. The van der Waals surface area contributed by atoms with Crippen LogP contribution in [-0.4, -0.2) is 56.6 Å². The Balaban J connectivity index is 1.57. The van der Waals surface area contributed by atoms with Crippen molar-refractivity contribution in [2.24, 2.45) is 0 Å². The van der Waals surface area contributed by atoms with Crippen molar-refractivity contribution in [3.8, 4) is 0 Å². The summed E-state index contributed by atoms with van der Waals surface area (Å²) in [5.41, 5.74) is 0.548. The highest BCUT2D eigenvalue weighted by Gasteiger charge is 2.31. The van der Waals surface area contributed by atoms with Gasteiger partial charge in [0.05, 0.1) is 25.3 Å². The number of benzene rings is 2. The van der Waals surface area contributed by atoms with E-state index in [1.807, 2.05) is 12.1 Å². The largest absolute Gasteiger partial charge is 0.416 e. The Labute approximate surface area is 172 Å². The number of morpholine rings is 1. The Morgan fingerprint density at radius 1 is 1.10 bits per heavy atom. The lowest BCUT2D eigenvalue weighted by Crippen LogP contribution is -2.36. The predicted molar refractivity (Wildman–Crippen MR) is 107 cm³/mol. The van der Waals surface area contributed by atoms with Crippen LogP contribution in [-0.2, 0) is 15.7 Å². The lowest BCUT2D eigenvalue weighted by Gasteiger charge is -2.28. The maximum absolute atomic E-state index is 12.8. The van der Waals surface area contributed by atoms with Crippen LogP contribution in [0, 0.1) is 0 Å². The summed E-state index contributed by atoms with van der Waals surface area (Å²) in [7, 11) is 1.36. The molecule has 0 unspecified atom stereocenters. The molecule has 2 aromatic carbocycles. The van der Waals surface area contributed by atoms with Crippen molar-refractivity contribution in [3.05, 3.63) is 59.7 Å². The van der Waals surface area contributed by atoms with Crippen LogP contribution in [0.1, 0.15) is 15.9 Å². The first kappa shape index (κ1) is 21.6. The zero-order valence-electron chi connectivity index (χ0n) is 16.4. The normalized spacial score (nSPS) is 14.3. The molecular weight excluding hydrogens is 399 g/mol. The Hall–Kier alpha value is -3.07. The molecule has 1 aliphatic heterocycles. The van der Waals surface area contributed by atoms with Gasteiger partial charge in [-0.25, -0.2) is 0 Å². The standard InChI is InChI=1S/C21H22F3N3O3/c1-26(20(29)15-3-2-4-16(13-15)21(22,23)24)14-19(28)25-17-5-7-18(8-6-17)27-9-11-30-12-10-27/h2-8,13H,9-12,14H2,1H3,(H,25,28). The number of alkyl halides is 3. The second-order valence-corrected chi connectivity index (χ2v) is 6.93. The number of amides is 2. The van der Waals surface area contributed by atoms with E-state index in [1.54, 1.807) is 12.1 Å². The number of halogens is 3. The lowest BCUT2D eigenvalue weighted by atomic mass is 10.1. The van der Waals surface area contributed by atoms with Crippen molar-refractivity contribution >= 4 is 23.2 Å². The van der Waals surface area contributed by atoms with E-state index in [0.29, 0.717) is 18.9 Å². The van der Waals surface area contributed by atoms with Crippen molar-refractivity contribution < 1.29 is 27.5 Å². The monoisotopic (exact) mass is 421 g/mol. The number of likely N-dealkylation sites (N-methyl/N-ethyl adjacent to an activating group) is 1. The third kappa shape index (κ3) is 5.50. The van der Waals surface area contributed by atoms with Crippen LogP contribution in [0.15, 0.2) is 48.5 Å². The molecule has 1 N–H and O–H groups in total. The molecular formula is C21H22F3N3O3. The zero-order valence-corrected chi connectivity index (χ0v) is 16.4. The maximum atomic E-state index is 12.8. The first-order chi connectivity index (χ1) is 14.2. The second kappa shape index (κ2) is 9.17. The van der Waals surface area contributed by atoms with Gasteiger partial charge in [0, 0.05) is 37.1 Å². The van der Waals surface area contributed by atoms with Gasteiger partial charge in [-0.05, 0) is 42.5 Å². The third-order valence-corrected chi connectivity index (χ3v) is 4.69. The van der Waals surface area contributed by atoms with Crippen LogP contribution in [0.4, 0.5) is 24.5 Å². The van der Waals surface area contributed by atoms with E-state index < -0.39 is 23.6 Å². The fourth-order valence-electron chi connectivity index (χ4n) is 3.11. The SMILES string of the molecule is CN(CC(=O)Nc1ccc(N2CCOCC2)cc1)C(=O)c1cccc(C(F)(F)F)c1. The van der Waals surface area contributed by atoms with Crippen LogP contribution in [0.3, 0.4) is 0 Å². The molecule has 1 saturated heterocycles. The Morgan fingerprint density at radius 2 is 1.77 bits per heavy atom. The molecule has 160 valence electrons. The number of anilines is 2. The smallest absolute Gasteiger partial charge is 0.378 e. The van der Waals surface area contributed by atoms with Gasteiger partial charge in [0.2, 0.25) is 5.91 Å². The number of ether oxygens (including phenoxy) is 1. The zero-order chi connectivity index (χ0) is 21.7. The van der Waals surface area contributed by atoms with Gasteiger partial charge in [0.25, 0.3) is 5.91 Å². The number of hydrogen-bond donors (Lipinski definition) is 1. The Kier molecular flexibility index (Phi) is 6.61. The van der Waals surface area contributed by atoms with Gasteiger partial charge in [0.1, 0.15) is 0 Å². The van der Waals surface area contributed by atoms with Crippen molar-refractivity contribution in [1.82, 2.24) is 4.90 Å². The van der Waals surface area contributed by atoms with Gasteiger partial charge >= 0.3 is 6.18 Å². The molecule has 0 aromatic heterocycles. The summed E-state index contributed by atoms with van der Waals surface area (Å²) in [5, 5.41) is 2.69.